The third-order valence-electron chi connectivity index (χ3n) is 2.86. The van der Waals surface area contributed by atoms with E-state index in [0.29, 0.717) is 12.0 Å². The molecule has 0 atom stereocenters. The molecule has 0 bridgehead atoms. The molecule has 2 aliphatic rings. The highest BCUT2D eigenvalue weighted by Gasteiger charge is 2.23. The molecule has 3 heteroatoms. The molecule has 0 unspecified atom stereocenters. The third-order valence-corrected chi connectivity index (χ3v) is 2.86. The van der Waals surface area contributed by atoms with Gasteiger partial charge in [0.15, 0.2) is 0 Å². The van der Waals surface area contributed by atoms with Gasteiger partial charge in [-0.15, -0.1) is 0 Å². The fourth-order valence-electron chi connectivity index (χ4n) is 2.08. The van der Waals surface area contributed by atoms with Crippen LogP contribution in [0.4, 0.5) is 0 Å². The predicted octanol–water partition coefficient (Wildman–Crippen LogP) is 0.506. The SMILES string of the molecule is NC1CCC(C2=NCCN2)CC1. The van der Waals surface area contributed by atoms with Crippen molar-refractivity contribution >= 4 is 5.84 Å². The molecule has 3 nitrogen and oxygen atoms in total. The Hall–Kier alpha value is -0.570. The quantitative estimate of drug-likeness (QED) is 0.597. The summed E-state index contributed by atoms with van der Waals surface area (Å²) in [5.41, 5.74) is 5.84. The molecule has 2 rings (SSSR count). The summed E-state index contributed by atoms with van der Waals surface area (Å²) >= 11 is 0. The molecule has 1 aliphatic carbocycles. The second-order valence-corrected chi connectivity index (χ2v) is 3.81. The maximum absolute atomic E-state index is 5.84. The molecule has 68 valence electrons. The van der Waals surface area contributed by atoms with Crippen molar-refractivity contribution in [2.45, 2.75) is 31.7 Å². The number of hydrogen-bond donors (Lipinski definition) is 2. The molecule has 0 saturated heterocycles. The van der Waals surface area contributed by atoms with Gasteiger partial charge < -0.3 is 11.1 Å². The first-order chi connectivity index (χ1) is 5.86. The van der Waals surface area contributed by atoms with Crippen molar-refractivity contribution in [3.63, 3.8) is 0 Å². The van der Waals surface area contributed by atoms with Gasteiger partial charge in [0.05, 0.1) is 12.4 Å². The van der Waals surface area contributed by atoms with E-state index in [9.17, 15) is 0 Å². The van der Waals surface area contributed by atoms with Crippen molar-refractivity contribution in [1.29, 1.82) is 0 Å². The summed E-state index contributed by atoms with van der Waals surface area (Å²) < 4.78 is 0. The van der Waals surface area contributed by atoms with Gasteiger partial charge in [-0.1, -0.05) is 0 Å². The van der Waals surface area contributed by atoms with Crippen LogP contribution in [0.15, 0.2) is 4.99 Å². The van der Waals surface area contributed by atoms with E-state index in [-0.39, 0.29) is 0 Å². The van der Waals surface area contributed by atoms with Crippen LogP contribution in [0, 0.1) is 5.92 Å². The van der Waals surface area contributed by atoms with E-state index in [1.54, 1.807) is 0 Å². The van der Waals surface area contributed by atoms with Gasteiger partial charge in [0.2, 0.25) is 0 Å². The largest absolute Gasteiger partial charge is 0.372 e. The molecular weight excluding hydrogens is 150 g/mol. The predicted molar refractivity (Wildman–Crippen MR) is 50.2 cm³/mol. The van der Waals surface area contributed by atoms with Crippen LogP contribution in [0.25, 0.3) is 0 Å². The molecule has 12 heavy (non-hydrogen) atoms. The highest BCUT2D eigenvalue weighted by molar-refractivity contribution is 5.85. The van der Waals surface area contributed by atoms with E-state index in [1.165, 1.54) is 31.5 Å². The fourth-order valence-corrected chi connectivity index (χ4v) is 2.08. The number of rotatable bonds is 1. The summed E-state index contributed by atoms with van der Waals surface area (Å²) in [7, 11) is 0. The molecule has 0 radical (unpaired) electrons. The Balaban J connectivity index is 1.88. The number of nitrogens with zero attached hydrogens (tertiary/aromatic N) is 1. The van der Waals surface area contributed by atoms with Gasteiger partial charge in [0.25, 0.3) is 0 Å². The van der Waals surface area contributed by atoms with Gasteiger partial charge in [-0.3, -0.25) is 4.99 Å². The molecule has 0 aromatic carbocycles. The van der Waals surface area contributed by atoms with Crippen LogP contribution in [0.1, 0.15) is 25.7 Å². The molecule has 0 amide bonds. The summed E-state index contributed by atoms with van der Waals surface area (Å²) in [5, 5.41) is 3.35. The Morgan fingerprint density at radius 3 is 2.58 bits per heavy atom. The third kappa shape index (κ3) is 1.61. The Bertz CT molecular complexity index is 180. The van der Waals surface area contributed by atoms with E-state index in [1.807, 2.05) is 0 Å². The van der Waals surface area contributed by atoms with Crippen molar-refractivity contribution in [3.05, 3.63) is 0 Å². The van der Waals surface area contributed by atoms with E-state index >= 15 is 0 Å². The smallest absolute Gasteiger partial charge is 0.0995 e. The summed E-state index contributed by atoms with van der Waals surface area (Å²) in [4.78, 5) is 4.45. The minimum absolute atomic E-state index is 0.447. The zero-order valence-corrected chi connectivity index (χ0v) is 7.42. The molecule has 1 fully saturated rings. The number of nitrogens with two attached hydrogens (primary N) is 1. The first-order valence-electron chi connectivity index (χ1n) is 4.90. The highest BCUT2D eigenvalue weighted by Crippen LogP contribution is 2.24. The maximum atomic E-state index is 5.84. The van der Waals surface area contributed by atoms with Gasteiger partial charge in [0.1, 0.15) is 0 Å². The molecule has 1 saturated carbocycles. The minimum Gasteiger partial charge on any atom is -0.372 e. The Labute approximate surface area is 73.4 Å². The summed E-state index contributed by atoms with van der Waals surface area (Å²) in [6.07, 6.45) is 4.80. The summed E-state index contributed by atoms with van der Waals surface area (Å²) in [6.45, 7) is 2.01. The van der Waals surface area contributed by atoms with E-state index in [2.05, 4.69) is 10.3 Å². The van der Waals surface area contributed by atoms with Gasteiger partial charge in [-0.2, -0.15) is 0 Å². The van der Waals surface area contributed by atoms with Gasteiger partial charge in [-0.25, -0.2) is 0 Å². The van der Waals surface area contributed by atoms with Crippen LogP contribution in [-0.2, 0) is 0 Å². The van der Waals surface area contributed by atoms with Crippen molar-refractivity contribution in [2.75, 3.05) is 13.1 Å². The number of aliphatic imine (C=N–C) groups is 1. The Kier molecular flexibility index (Phi) is 2.30. The van der Waals surface area contributed by atoms with Gasteiger partial charge in [0, 0.05) is 18.5 Å². The average molecular weight is 167 g/mol. The molecule has 0 aromatic heterocycles. The minimum atomic E-state index is 0.447. The monoisotopic (exact) mass is 167 g/mol. The number of hydrogen-bond acceptors (Lipinski definition) is 3. The van der Waals surface area contributed by atoms with Crippen LogP contribution in [-0.4, -0.2) is 25.0 Å². The van der Waals surface area contributed by atoms with Crippen molar-refractivity contribution in [3.8, 4) is 0 Å². The van der Waals surface area contributed by atoms with E-state index in [4.69, 9.17) is 5.73 Å². The summed E-state index contributed by atoms with van der Waals surface area (Å²) in [6, 6.07) is 0.447. The molecule has 1 aliphatic heterocycles. The van der Waals surface area contributed by atoms with E-state index < -0.39 is 0 Å². The van der Waals surface area contributed by atoms with Crippen molar-refractivity contribution in [2.24, 2.45) is 16.6 Å². The lowest BCUT2D eigenvalue weighted by molar-refractivity contribution is 0.388. The first-order valence-corrected chi connectivity index (χ1v) is 4.90. The van der Waals surface area contributed by atoms with Crippen LogP contribution >= 0.6 is 0 Å². The van der Waals surface area contributed by atoms with Crippen LogP contribution < -0.4 is 11.1 Å². The Morgan fingerprint density at radius 1 is 1.25 bits per heavy atom. The average Bonchev–Trinajstić information content (AvgIpc) is 2.58. The molecule has 0 spiro atoms. The fraction of sp³-hybridized carbons (Fsp3) is 0.889. The Morgan fingerprint density at radius 2 is 2.00 bits per heavy atom. The van der Waals surface area contributed by atoms with Crippen molar-refractivity contribution < 1.29 is 0 Å². The standard InChI is InChI=1S/C9H17N3/c10-8-3-1-7(2-4-8)9-11-5-6-12-9/h7-8H,1-6,10H2,(H,11,12). The number of amidine groups is 1. The van der Waals surface area contributed by atoms with Crippen LogP contribution in [0.5, 0.6) is 0 Å². The molecule has 0 aromatic rings. The second kappa shape index (κ2) is 3.44. The lowest BCUT2D eigenvalue weighted by Crippen LogP contribution is -2.34. The second-order valence-electron chi connectivity index (χ2n) is 3.81. The molecular formula is C9H17N3. The molecule has 1 heterocycles. The lowest BCUT2D eigenvalue weighted by Gasteiger charge is -2.25. The summed E-state index contributed by atoms with van der Waals surface area (Å²) in [5.74, 6) is 1.94. The zero-order chi connectivity index (χ0) is 8.39. The first kappa shape index (κ1) is 8.05. The highest BCUT2D eigenvalue weighted by atomic mass is 15.1. The zero-order valence-electron chi connectivity index (χ0n) is 7.42. The van der Waals surface area contributed by atoms with Crippen LogP contribution in [0.3, 0.4) is 0 Å². The van der Waals surface area contributed by atoms with Gasteiger partial charge >= 0.3 is 0 Å². The maximum Gasteiger partial charge on any atom is 0.0995 e. The topological polar surface area (TPSA) is 50.4 Å². The number of nitrogens with one attached hydrogen (secondary N) is 1. The normalized spacial score (nSPS) is 35.9. The molecule has 3 N–H and O–H groups in total. The van der Waals surface area contributed by atoms with Crippen molar-refractivity contribution in [1.82, 2.24) is 5.32 Å². The van der Waals surface area contributed by atoms with Crippen LogP contribution in [0.2, 0.25) is 0 Å². The van der Waals surface area contributed by atoms with E-state index in [0.717, 1.165) is 13.1 Å². The van der Waals surface area contributed by atoms with Gasteiger partial charge in [-0.05, 0) is 25.7 Å². The lowest BCUT2D eigenvalue weighted by atomic mass is 9.86.